The van der Waals surface area contributed by atoms with Crippen LogP contribution in [-0.2, 0) is 16.8 Å². The summed E-state index contributed by atoms with van der Waals surface area (Å²) in [5.74, 6) is 1.98. The Hall–Kier alpha value is -2.53. The molecule has 1 saturated heterocycles. The van der Waals surface area contributed by atoms with E-state index >= 15 is 0 Å². The first-order valence-electron chi connectivity index (χ1n) is 11.5. The van der Waals surface area contributed by atoms with Gasteiger partial charge in [0.1, 0.15) is 0 Å². The highest BCUT2D eigenvalue weighted by molar-refractivity contribution is 5.73. The molecule has 0 spiro atoms. The number of ether oxygens (including phenoxy) is 2. The van der Waals surface area contributed by atoms with Crippen LogP contribution in [0.4, 0.5) is 0 Å². The van der Waals surface area contributed by atoms with Gasteiger partial charge in [-0.25, -0.2) is 0 Å². The molecule has 0 radical (unpaired) electrons. The predicted octanol–water partition coefficient (Wildman–Crippen LogP) is 4.74. The quantitative estimate of drug-likeness (QED) is 0.597. The minimum absolute atomic E-state index is 0.0541. The average molecular weight is 439 g/mol. The number of hydrogen-bond donors (Lipinski definition) is 0. The summed E-state index contributed by atoms with van der Waals surface area (Å²) in [5, 5.41) is 0. The van der Waals surface area contributed by atoms with E-state index in [1.807, 2.05) is 23.1 Å². The fourth-order valence-electron chi connectivity index (χ4n) is 5.22. The Kier molecular flexibility index (Phi) is 7.83. The van der Waals surface area contributed by atoms with E-state index in [1.54, 1.807) is 21.1 Å². The van der Waals surface area contributed by atoms with Crippen molar-refractivity contribution >= 4 is 5.91 Å². The summed E-state index contributed by atoms with van der Waals surface area (Å²) < 4.78 is 10.8. The number of piperidine rings is 1. The number of benzene rings is 2. The first-order valence-corrected chi connectivity index (χ1v) is 11.5. The standard InChI is InChI=1S/C27H38N2O3/c1-20-18-28(4)21(2)17-27(20,24-10-8-7-9-11-24)14-15-29(22(3)30)19-23-12-13-25(31-5)26(16-23)32-6/h7-13,16,20-21H,14-15,17-19H2,1-6H3/t20-,21+,27+/m1/s1. The van der Waals surface area contributed by atoms with Crippen molar-refractivity contribution in [2.24, 2.45) is 5.92 Å². The van der Waals surface area contributed by atoms with Gasteiger partial charge in [-0.15, -0.1) is 0 Å². The van der Waals surface area contributed by atoms with Crippen LogP contribution in [0.3, 0.4) is 0 Å². The molecular formula is C27H38N2O3. The third kappa shape index (κ3) is 5.09. The Balaban J connectivity index is 1.84. The number of methoxy groups -OCH3 is 2. The molecule has 0 saturated carbocycles. The van der Waals surface area contributed by atoms with Crippen molar-refractivity contribution < 1.29 is 14.3 Å². The third-order valence-electron chi connectivity index (χ3n) is 7.36. The monoisotopic (exact) mass is 438 g/mol. The fraction of sp³-hybridized carbons (Fsp3) is 0.519. The van der Waals surface area contributed by atoms with Gasteiger partial charge in [-0.3, -0.25) is 4.79 Å². The lowest BCUT2D eigenvalue weighted by molar-refractivity contribution is -0.129. The Morgan fingerprint density at radius 1 is 1.09 bits per heavy atom. The van der Waals surface area contributed by atoms with Gasteiger partial charge in [-0.2, -0.15) is 0 Å². The third-order valence-corrected chi connectivity index (χ3v) is 7.36. The number of rotatable bonds is 8. The van der Waals surface area contributed by atoms with E-state index < -0.39 is 0 Å². The maximum absolute atomic E-state index is 12.6. The Morgan fingerprint density at radius 3 is 2.41 bits per heavy atom. The summed E-state index contributed by atoms with van der Waals surface area (Å²) in [6.45, 7) is 8.68. The second-order valence-corrected chi connectivity index (χ2v) is 9.30. The summed E-state index contributed by atoms with van der Waals surface area (Å²) in [6.07, 6.45) is 2.04. The van der Waals surface area contributed by atoms with Gasteiger partial charge in [0.15, 0.2) is 11.5 Å². The van der Waals surface area contributed by atoms with Crippen LogP contribution in [-0.4, -0.2) is 56.1 Å². The maximum Gasteiger partial charge on any atom is 0.219 e. The second kappa shape index (κ2) is 10.4. The molecule has 1 aliphatic rings. The lowest BCUT2D eigenvalue weighted by Crippen LogP contribution is -2.52. The van der Waals surface area contributed by atoms with Crippen molar-refractivity contribution in [3.05, 3.63) is 59.7 Å². The molecule has 2 aromatic rings. The summed E-state index contributed by atoms with van der Waals surface area (Å²) in [6, 6.07) is 17.3. The van der Waals surface area contributed by atoms with Crippen molar-refractivity contribution in [3.8, 4) is 11.5 Å². The molecule has 0 aromatic heterocycles. The Labute approximate surface area is 193 Å². The van der Waals surface area contributed by atoms with E-state index in [0.717, 1.165) is 31.5 Å². The lowest BCUT2D eigenvalue weighted by Gasteiger charge is -2.50. The van der Waals surface area contributed by atoms with Crippen LogP contribution in [0.5, 0.6) is 11.5 Å². The van der Waals surface area contributed by atoms with Gasteiger partial charge in [0.2, 0.25) is 5.91 Å². The van der Waals surface area contributed by atoms with Crippen LogP contribution < -0.4 is 9.47 Å². The van der Waals surface area contributed by atoms with Crippen LogP contribution in [0.25, 0.3) is 0 Å². The van der Waals surface area contributed by atoms with Crippen molar-refractivity contribution in [3.63, 3.8) is 0 Å². The number of nitrogens with zero attached hydrogens (tertiary/aromatic N) is 2. The van der Waals surface area contributed by atoms with Gasteiger partial charge in [-0.05, 0) is 56.0 Å². The minimum atomic E-state index is 0.0541. The molecule has 1 fully saturated rings. The molecule has 0 bridgehead atoms. The van der Waals surface area contributed by atoms with E-state index in [0.29, 0.717) is 30.0 Å². The maximum atomic E-state index is 12.6. The number of amides is 1. The van der Waals surface area contributed by atoms with Gasteiger partial charge in [0.05, 0.1) is 14.2 Å². The van der Waals surface area contributed by atoms with Crippen LogP contribution in [0.15, 0.2) is 48.5 Å². The summed E-state index contributed by atoms with van der Waals surface area (Å²) in [5.41, 5.74) is 2.48. The molecule has 0 unspecified atom stereocenters. The van der Waals surface area contributed by atoms with E-state index in [1.165, 1.54) is 5.56 Å². The zero-order chi connectivity index (χ0) is 23.3. The zero-order valence-electron chi connectivity index (χ0n) is 20.4. The van der Waals surface area contributed by atoms with E-state index in [-0.39, 0.29) is 11.3 Å². The Morgan fingerprint density at radius 2 is 1.78 bits per heavy atom. The molecule has 32 heavy (non-hydrogen) atoms. The van der Waals surface area contributed by atoms with Gasteiger partial charge in [0.25, 0.3) is 0 Å². The fourth-order valence-corrected chi connectivity index (χ4v) is 5.22. The SMILES string of the molecule is COc1ccc(CN(CC[C@]2(c3ccccc3)C[C@H](C)N(C)C[C@H]2C)C(C)=O)cc1OC. The normalized spacial score (nSPS) is 23.6. The smallest absolute Gasteiger partial charge is 0.219 e. The lowest BCUT2D eigenvalue weighted by atomic mass is 9.63. The highest BCUT2D eigenvalue weighted by atomic mass is 16.5. The summed E-state index contributed by atoms with van der Waals surface area (Å²) in [7, 11) is 5.48. The molecule has 1 heterocycles. The van der Waals surface area contributed by atoms with Crippen LogP contribution in [0.1, 0.15) is 44.7 Å². The molecule has 1 amide bonds. The van der Waals surface area contributed by atoms with E-state index in [4.69, 9.17) is 9.47 Å². The molecule has 3 atom stereocenters. The van der Waals surface area contributed by atoms with Crippen molar-refractivity contribution in [2.75, 3.05) is 34.4 Å². The Bertz CT molecular complexity index is 901. The van der Waals surface area contributed by atoms with Gasteiger partial charge < -0.3 is 19.3 Å². The predicted molar refractivity (Wildman–Crippen MR) is 129 cm³/mol. The van der Waals surface area contributed by atoms with Crippen molar-refractivity contribution in [1.82, 2.24) is 9.80 Å². The molecule has 1 aliphatic heterocycles. The second-order valence-electron chi connectivity index (χ2n) is 9.30. The van der Waals surface area contributed by atoms with Crippen molar-refractivity contribution in [1.29, 1.82) is 0 Å². The number of carbonyl (C=O) groups is 1. The first kappa shape index (κ1) is 24.1. The molecule has 3 rings (SSSR count). The summed E-state index contributed by atoms with van der Waals surface area (Å²) >= 11 is 0. The molecule has 5 nitrogen and oxygen atoms in total. The molecule has 174 valence electrons. The van der Waals surface area contributed by atoms with Gasteiger partial charge >= 0.3 is 0 Å². The van der Waals surface area contributed by atoms with Gasteiger partial charge in [-0.1, -0.05) is 43.3 Å². The highest BCUT2D eigenvalue weighted by Gasteiger charge is 2.43. The summed E-state index contributed by atoms with van der Waals surface area (Å²) in [4.78, 5) is 17.0. The molecule has 5 heteroatoms. The number of carbonyl (C=O) groups excluding carboxylic acids is 1. The van der Waals surface area contributed by atoms with Crippen molar-refractivity contribution in [2.45, 2.75) is 51.6 Å². The van der Waals surface area contributed by atoms with E-state index in [2.05, 4.69) is 56.1 Å². The highest BCUT2D eigenvalue weighted by Crippen LogP contribution is 2.44. The first-order chi connectivity index (χ1) is 15.3. The molecule has 0 N–H and O–H groups in total. The molecule has 2 aromatic carbocycles. The zero-order valence-corrected chi connectivity index (χ0v) is 20.4. The van der Waals surface area contributed by atoms with Gasteiger partial charge in [0, 0.05) is 38.0 Å². The number of likely N-dealkylation sites (tertiary alicyclic amines) is 1. The minimum Gasteiger partial charge on any atom is -0.493 e. The number of hydrogen-bond acceptors (Lipinski definition) is 4. The average Bonchev–Trinajstić information content (AvgIpc) is 2.79. The topological polar surface area (TPSA) is 42.0 Å². The largest absolute Gasteiger partial charge is 0.493 e. The molecular weight excluding hydrogens is 400 g/mol. The van der Waals surface area contributed by atoms with Crippen LogP contribution in [0, 0.1) is 5.92 Å². The van der Waals surface area contributed by atoms with E-state index in [9.17, 15) is 4.79 Å². The van der Waals surface area contributed by atoms with Crippen LogP contribution >= 0.6 is 0 Å². The van der Waals surface area contributed by atoms with Crippen LogP contribution in [0.2, 0.25) is 0 Å². The molecule has 0 aliphatic carbocycles.